The van der Waals surface area contributed by atoms with E-state index in [-0.39, 0.29) is 6.10 Å². The van der Waals surface area contributed by atoms with Gasteiger partial charge in [-0.15, -0.1) is 0 Å². The molecular formula is C24H25ClN6O2. The molecule has 4 N–H and O–H groups in total. The van der Waals surface area contributed by atoms with Gasteiger partial charge in [0.1, 0.15) is 24.3 Å². The number of pyridine rings is 1. The molecule has 33 heavy (non-hydrogen) atoms. The van der Waals surface area contributed by atoms with E-state index in [4.69, 9.17) is 26.8 Å². The first-order chi connectivity index (χ1) is 16.0. The van der Waals surface area contributed by atoms with Crippen LogP contribution in [0.5, 0.6) is 5.75 Å². The number of rotatable bonds is 7. The maximum absolute atomic E-state index is 6.41. The van der Waals surface area contributed by atoms with Crippen LogP contribution < -0.4 is 21.1 Å². The average Bonchev–Trinajstić information content (AvgIpc) is 3.23. The molecule has 0 radical (unpaired) electrons. The Bertz CT molecular complexity index is 1180. The molecule has 0 spiro atoms. The second-order valence-corrected chi connectivity index (χ2v) is 7.84. The van der Waals surface area contributed by atoms with Crippen LogP contribution in [0.3, 0.4) is 0 Å². The molecule has 1 aromatic heterocycles. The number of hydrogen-bond acceptors (Lipinski definition) is 7. The van der Waals surface area contributed by atoms with Crippen molar-refractivity contribution in [3.63, 3.8) is 0 Å². The third-order valence-corrected chi connectivity index (χ3v) is 5.18. The lowest BCUT2D eigenvalue weighted by molar-refractivity contribution is 0.245. The summed E-state index contributed by atoms with van der Waals surface area (Å²) in [7, 11) is 1.83. The van der Waals surface area contributed by atoms with Crippen molar-refractivity contribution in [3.05, 3.63) is 77.1 Å². The van der Waals surface area contributed by atoms with Crippen LogP contribution in [-0.2, 0) is 11.3 Å². The summed E-state index contributed by atoms with van der Waals surface area (Å²) in [6.07, 6.45) is 1.79. The smallest absolute Gasteiger partial charge is 0.289 e. The largest absolute Gasteiger partial charge is 0.486 e. The maximum atomic E-state index is 6.41. The van der Waals surface area contributed by atoms with Gasteiger partial charge in [-0.1, -0.05) is 17.7 Å². The van der Waals surface area contributed by atoms with E-state index >= 15 is 0 Å². The number of aromatic nitrogens is 1. The zero-order chi connectivity index (χ0) is 23.2. The molecule has 2 aromatic carbocycles. The van der Waals surface area contributed by atoms with Crippen LogP contribution in [0, 0.1) is 0 Å². The van der Waals surface area contributed by atoms with Crippen molar-refractivity contribution in [1.29, 1.82) is 0 Å². The fourth-order valence-electron chi connectivity index (χ4n) is 3.23. The van der Waals surface area contributed by atoms with Crippen LogP contribution in [0.25, 0.3) is 0 Å². The van der Waals surface area contributed by atoms with Crippen molar-refractivity contribution in [2.45, 2.75) is 19.6 Å². The molecule has 8 nitrogen and oxygen atoms in total. The zero-order valence-corrected chi connectivity index (χ0v) is 19.1. The molecule has 9 heteroatoms. The number of benzene rings is 2. The molecule has 2 heterocycles. The Hall–Kier alpha value is -3.78. The first-order valence-corrected chi connectivity index (χ1v) is 10.9. The van der Waals surface area contributed by atoms with E-state index in [1.807, 2.05) is 50.4 Å². The van der Waals surface area contributed by atoms with Crippen molar-refractivity contribution in [2.75, 3.05) is 24.2 Å². The number of anilines is 2. The second-order valence-electron chi connectivity index (χ2n) is 7.43. The topological polar surface area (TPSA) is 106 Å². The Kier molecular flexibility index (Phi) is 6.95. The van der Waals surface area contributed by atoms with Crippen LogP contribution in [0.1, 0.15) is 18.2 Å². The fourth-order valence-corrected chi connectivity index (χ4v) is 3.46. The second kappa shape index (κ2) is 10.2. The van der Waals surface area contributed by atoms with Crippen molar-refractivity contribution in [3.8, 4) is 5.75 Å². The minimum absolute atomic E-state index is 0.0656. The van der Waals surface area contributed by atoms with Crippen LogP contribution in [0.4, 0.5) is 17.1 Å². The number of hydrogen-bond donors (Lipinski definition) is 3. The van der Waals surface area contributed by atoms with Gasteiger partial charge in [0.2, 0.25) is 0 Å². The third kappa shape index (κ3) is 5.72. The molecule has 0 aliphatic carbocycles. The Labute approximate surface area is 197 Å². The van der Waals surface area contributed by atoms with Gasteiger partial charge in [0, 0.05) is 30.2 Å². The lowest BCUT2D eigenvalue weighted by atomic mass is 10.1. The number of halogens is 1. The number of ether oxygens (including phenoxy) is 2. The summed E-state index contributed by atoms with van der Waals surface area (Å²) in [6, 6.07) is 17.2. The monoisotopic (exact) mass is 464 g/mol. The highest BCUT2D eigenvalue weighted by molar-refractivity contribution is 6.32. The van der Waals surface area contributed by atoms with Crippen molar-refractivity contribution in [1.82, 2.24) is 4.98 Å². The van der Waals surface area contributed by atoms with E-state index in [2.05, 4.69) is 25.6 Å². The van der Waals surface area contributed by atoms with Crippen LogP contribution in [0.15, 0.2) is 70.8 Å². The number of nitrogens with zero attached hydrogens (tertiary/aromatic N) is 3. The van der Waals surface area contributed by atoms with E-state index < -0.39 is 0 Å². The predicted octanol–water partition coefficient (Wildman–Crippen LogP) is 4.58. The van der Waals surface area contributed by atoms with Gasteiger partial charge in [0.25, 0.3) is 6.02 Å². The molecule has 0 bridgehead atoms. The SMILES string of the molecule is CNc1ccc(NC2=NCC(C)O2)cc1C(N)=Nc1ccc(OCc2ccccn2)c(Cl)c1. The van der Waals surface area contributed by atoms with Gasteiger partial charge in [-0.3, -0.25) is 4.98 Å². The van der Waals surface area contributed by atoms with E-state index in [9.17, 15) is 0 Å². The molecule has 1 unspecified atom stereocenters. The molecule has 3 aromatic rings. The van der Waals surface area contributed by atoms with Crippen LogP contribution in [0.2, 0.25) is 5.02 Å². The summed E-state index contributed by atoms with van der Waals surface area (Å²) in [5, 5.41) is 6.75. The van der Waals surface area contributed by atoms with Crippen molar-refractivity contribution >= 4 is 40.5 Å². The van der Waals surface area contributed by atoms with Gasteiger partial charge in [-0.05, 0) is 55.5 Å². The minimum atomic E-state index is 0.0656. The highest BCUT2D eigenvalue weighted by atomic mass is 35.5. The van der Waals surface area contributed by atoms with E-state index in [1.54, 1.807) is 24.4 Å². The lowest BCUT2D eigenvalue weighted by Gasteiger charge is -2.13. The summed E-state index contributed by atoms with van der Waals surface area (Å²) in [5.74, 6) is 0.886. The molecule has 0 fully saturated rings. The van der Waals surface area contributed by atoms with E-state index in [0.717, 1.165) is 22.6 Å². The van der Waals surface area contributed by atoms with E-state index in [0.29, 0.717) is 41.5 Å². The molecule has 4 rings (SSSR count). The van der Waals surface area contributed by atoms with Crippen molar-refractivity contribution < 1.29 is 9.47 Å². The Morgan fingerprint density at radius 1 is 1.24 bits per heavy atom. The van der Waals surface area contributed by atoms with Crippen molar-refractivity contribution in [2.24, 2.45) is 15.7 Å². The van der Waals surface area contributed by atoms with Crippen LogP contribution in [-0.4, -0.2) is 36.5 Å². The number of nitrogens with two attached hydrogens (primary N) is 1. The Morgan fingerprint density at radius 3 is 2.82 bits per heavy atom. The average molecular weight is 465 g/mol. The van der Waals surface area contributed by atoms with Gasteiger partial charge in [-0.25, -0.2) is 9.98 Å². The van der Waals surface area contributed by atoms with Crippen LogP contribution >= 0.6 is 11.6 Å². The van der Waals surface area contributed by atoms with Gasteiger partial charge in [0.15, 0.2) is 0 Å². The molecule has 1 atom stereocenters. The number of nitrogens with one attached hydrogen (secondary N) is 2. The summed E-state index contributed by atoms with van der Waals surface area (Å²) in [6.45, 7) is 2.93. The standard InChI is InChI=1S/C24H25ClN6O2/c1-15-13-29-24(33-15)31-16-6-8-21(27-2)19(11-16)23(26)30-17-7-9-22(20(25)12-17)32-14-18-5-3-4-10-28-18/h3-12,15,27H,13-14H2,1-2H3,(H2,26,30)(H,29,31). The van der Waals surface area contributed by atoms with Gasteiger partial charge in [-0.2, -0.15) is 0 Å². The summed E-state index contributed by atoms with van der Waals surface area (Å²) in [5.41, 5.74) is 10.2. The fraction of sp³-hybridized carbons (Fsp3) is 0.208. The molecule has 1 aliphatic rings. The lowest BCUT2D eigenvalue weighted by Crippen LogP contribution is -2.18. The zero-order valence-electron chi connectivity index (χ0n) is 18.4. The normalized spacial score (nSPS) is 15.5. The molecule has 170 valence electrons. The van der Waals surface area contributed by atoms with Gasteiger partial charge < -0.3 is 25.8 Å². The van der Waals surface area contributed by atoms with Gasteiger partial charge >= 0.3 is 0 Å². The molecule has 0 saturated heterocycles. The maximum Gasteiger partial charge on any atom is 0.289 e. The Morgan fingerprint density at radius 2 is 2.12 bits per heavy atom. The first-order valence-electron chi connectivity index (χ1n) is 10.5. The summed E-state index contributed by atoms with van der Waals surface area (Å²) < 4.78 is 11.4. The predicted molar refractivity (Wildman–Crippen MR) is 133 cm³/mol. The Balaban J connectivity index is 1.51. The molecular weight excluding hydrogens is 440 g/mol. The summed E-state index contributed by atoms with van der Waals surface area (Å²) in [4.78, 5) is 13.1. The molecule has 0 saturated carbocycles. The first kappa shape index (κ1) is 22.4. The summed E-state index contributed by atoms with van der Waals surface area (Å²) >= 11 is 6.41. The molecule has 0 amide bonds. The highest BCUT2D eigenvalue weighted by Crippen LogP contribution is 2.30. The molecule has 1 aliphatic heterocycles. The van der Waals surface area contributed by atoms with E-state index in [1.165, 1.54) is 0 Å². The quantitative estimate of drug-likeness (QED) is 0.349. The number of aliphatic imine (C=N–C) groups is 2. The highest BCUT2D eigenvalue weighted by Gasteiger charge is 2.16. The number of amidine groups is 2. The minimum Gasteiger partial charge on any atom is -0.486 e. The van der Waals surface area contributed by atoms with Gasteiger partial charge in [0.05, 0.1) is 22.9 Å². The third-order valence-electron chi connectivity index (χ3n) is 4.89.